The lowest BCUT2D eigenvalue weighted by Crippen LogP contribution is -2.20. The topological polar surface area (TPSA) is 9.23 Å². The maximum absolute atomic E-state index is 5.59. The molecule has 0 aliphatic carbocycles. The lowest BCUT2D eigenvalue weighted by Gasteiger charge is -2.23. The summed E-state index contributed by atoms with van der Waals surface area (Å²) in [5.41, 5.74) is 0. The van der Waals surface area contributed by atoms with E-state index in [-0.39, 0.29) is 17.4 Å². The van der Waals surface area contributed by atoms with Crippen molar-refractivity contribution in [3.8, 4) is 0 Å². The molecular formula is C9H21AlO. The summed E-state index contributed by atoms with van der Waals surface area (Å²) in [7, 11) is 0. The minimum atomic E-state index is 0. The van der Waals surface area contributed by atoms with Gasteiger partial charge in [0.05, 0.1) is 6.10 Å². The van der Waals surface area contributed by atoms with Crippen LogP contribution in [0.25, 0.3) is 0 Å². The predicted molar refractivity (Wildman–Crippen MR) is 53.0 cm³/mol. The summed E-state index contributed by atoms with van der Waals surface area (Å²) in [6.45, 7) is 5.52. The van der Waals surface area contributed by atoms with Crippen LogP contribution in [-0.2, 0) is 4.74 Å². The summed E-state index contributed by atoms with van der Waals surface area (Å²) in [6, 6.07) is 0. The van der Waals surface area contributed by atoms with E-state index in [2.05, 4.69) is 13.8 Å². The molecule has 66 valence electrons. The van der Waals surface area contributed by atoms with Gasteiger partial charge in [0.2, 0.25) is 0 Å². The molecule has 0 aromatic rings. The second-order valence-corrected chi connectivity index (χ2v) is 3.62. The third kappa shape index (κ3) is 4.85. The van der Waals surface area contributed by atoms with Crippen LogP contribution in [0.1, 0.15) is 39.5 Å². The molecule has 0 bridgehead atoms. The summed E-state index contributed by atoms with van der Waals surface area (Å²) in [6.07, 6.45) is 5.76. The first kappa shape index (κ1) is 11.5. The maximum Gasteiger partial charge on any atom is 0.187 e. The van der Waals surface area contributed by atoms with Crippen LogP contribution in [0, 0.1) is 5.92 Å². The van der Waals surface area contributed by atoms with E-state index >= 15 is 0 Å². The molecule has 0 saturated carbocycles. The summed E-state index contributed by atoms with van der Waals surface area (Å²) < 4.78 is 5.59. The van der Waals surface area contributed by atoms with Gasteiger partial charge in [-0.1, -0.05) is 13.8 Å². The van der Waals surface area contributed by atoms with Crippen molar-refractivity contribution >= 4 is 17.4 Å². The van der Waals surface area contributed by atoms with Crippen molar-refractivity contribution < 1.29 is 4.74 Å². The van der Waals surface area contributed by atoms with Gasteiger partial charge >= 0.3 is 0 Å². The average molecular weight is 172 g/mol. The highest BCUT2D eigenvalue weighted by Gasteiger charge is 2.14. The van der Waals surface area contributed by atoms with E-state index in [9.17, 15) is 0 Å². The number of hydrogen-bond donors (Lipinski definition) is 0. The predicted octanol–water partition coefficient (Wildman–Crippen LogP) is 1.42. The van der Waals surface area contributed by atoms with E-state index in [4.69, 9.17) is 4.74 Å². The Balaban J connectivity index is 0.000001000. The molecule has 1 nitrogen and oxygen atoms in total. The zero-order valence-electron chi connectivity index (χ0n) is 7.10. The number of ether oxygens (including phenoxy) is 1. The largest absolute Gasteiger partial charge is 0.378 e. The minimum absolute atomic E-state index is 0. The summed E-state index contributed by atoms with van der Waals surface area (Å²) >= 11 is 0. The molecule has 1 rings (SSSR count). The Bertz CT molecular complexity index is 87.6. The molecule has 1 atom stereocenters. The van der Waals surface area contributed by atoms with Gasteiger partial charge in [0.15, 0.2) is 17.4 Å². The summed E-state index contributed by atoms with van der Waals surface area (Å²) in [5.74, 6) is 0.795. The molecule has 1 fully saturated rings. The Kier molecular flexibility index (Phi) is 6.33. The zero-order chi connectivity index (χ0) is 7.40. The van der Waals surface area contributed by atoms with Crippen LogP contribution in [0.2, 0.25) is 0 Å². The van der Waals surface area contributed by atoms with E-state index in [1.54, 1.807) is 0 Å². The van der Waals surface area contributed by atoms with Crippen molar-refractivity contribution in [2.45, 2.75) is 45.6 Å². The zero-order valence-corrected chi connectivity index (χ0v) is 7.10. The van der Waals surface area contributed by atoms with E-state index in [1.165, 1.54) is 25.7 Å². The smallest absolute Gasteiger partial charge is 0.187 e. The highest BCUT2D eigenvalue weighted by Crippen LogP contribution is 2.18. The average Bonchev–Trinajstić information content (AvgIpc) is 1.88. The van der Waals surface area contributed by atoms with Crippen LogP contribution in [-0.4, -0.2) is 30.1 Å². The van der Waals surface area contributed by atoms with Gasteiger partial charge in [-0.2, -0.15) is 0 Å². The molecule has 1 saturated heterocycles. The standard InChI is InChI=1S/C9H18O.Al.3H/c1-8(2)7-9-5-3-4-6-10-9;;;;/h8-9H,3-7H2,1-2H3;;;;. The van der Waals surface area contributed by atoms with E-state index in [1.807, 2.05) is 0 Å². The van der Waals surface area contributed by atoms with Gasteiger partial charge in [-0.3, -0.25) is 0 Å². The Labute approximate surface area is 80.6 Å². The van der Waals surface area contributed by atoms with Crippen molar-refractivity contribution in [3.05, 3.63) is 0 Å². The van der Waals surface area contributed by atoms with E-state index in [0.717, 1.165) is 12.5 Å². The first-order chi connectivity index (χ1) is 4.79. The van der Waals surface area contributed by atoms with Crippen LogP contribution >= 0.6 is 0 Å². The molecule has 11 heavy (non-hydrogen) atoms. The lowest BCUT2D eigenvalue weighted by atomic mass is 10.00. The molecule has 0 aromatic heterocycles. The van der Waals surface area contributed by atoms with Crippen molar-refractivity contribution in [1.82, 2.24) is 0 Å². The van der Waals surface area contributed by atoms with E-state index < -0.39 is 0 Å². The summed E-state index contributed by atoms with van der Waals surface area (Å²) in [4.78, 5) is 0. The monoisotopic (exact) mass is 172 g/mol. The lowest BCUT2D eigenvalue weighted by molar-refractivity contribution is 0.00420. The van der Waals surface area contributed by atoms with Gasteiger partial charge in [-0.15, -0.1) is 0 Å². The fourth-order valence-electron chi connectivity index (χ4n) is 1.52. The fraction of sp³-hybridized carbons (Fsp3) is 1.00. The van der Waals surface area contributed by atoms with Crippen LogP contribution in [0.4, 0.5) is 0 Å². The third-order valence-electron chi connectivity index (χ3n) is 2.01. The number of rotatable bonds is 2. The highest BCUT2D eigenvalue weighted by molar-refractivity contribution is 5.75. The van der Waals surface area contributed by atoms with Gasteiger partial charge in [0.25, 0.3) is 0 Å². The first-order valence-electron chi connectivity index (χ1n) is 4.40. The molecule has 0 amide bonds. The van der Waals surface area contributed by atoms with Gasteiger partial charge in [0, 0.05) is 6.61 Å². The van der Waals surface area contributed by atoms with E-state index in [0.29, 0.717) is 6.10 Å². The number of hydrogen-bond acceptors (Lipinski definition) is 1. The van der Waals surface area contributed by atoms with Crippen molar-refractivity contribution in [2.24, 2.45) is 5.92 Å². The van der Waals surface area contributed by atoms with Gasteiger partial charge in [-0.25, -0.2) is 0 Å². The van der Waals surface area contributed by atoms with Crippen molar-refractivity contribution in [2.75, 3.05) is 6.61 Å². The van der Waals surface area contributed by atoms with Crippen molar-refractivity contribution in [3.63, 3.8) is 0 Å². The Hall–Kier alpha value is 0.492. The Morgan fingerprint density at radius 2 is 2.09 bits per heavy atom. The van der Waals surface area contributed by atoms with Crippen LogP contribution in [0.5, 0.6) is 0 Å². The van der Waals surface area contributed by atoms with Crippen LogP contribution in [0.15, 0.2) is 0 Å². The SMILES string of the molecule is CC(C)CC1CCCCO1.[AlH3]. The Morgan fingerprint density at radius 1 is 1.36 bits per heavy atom. The van der Waals surface area contributed by atoms with Crippen LogP contribution < -0.4 is 0 Å². The van der Waals surface area contributed by atoms with Crippen molar-refractivity contribution in [1.29, 1.82) is 0 Å². The second-order valence-electron chi connectivity index (χ2n) is 3.62. The second kappa shape index (κ2) is 6.06. The molecule has 0 aromatic carbocycles. The van der Waals surface area contributed by atoms with Gasteiger partial charge in [0.1, 0.15) is 0 Å². The molecular weight excluding hydrogens is 151 g/mol. The molecule has 0 spiro atoms. The molecule has 0 radical (unpaired) electrons. The maximum atomic E-state index is 5.59. The third-order valence-corrected chi connectivity index (χ3v) is 2.01. The molecule has 0 N–H and O–H groups in total. The first-order valence-corrected chi connectivity index (χ1v) is 4.40. The summed E-state index contributed by atoms with van der Waals surface area (Å²) in [5, 5.41) is 0. The molecule has 1 unspecified atom stereocenters. The molecule has 1 aliphatic heterocycles. The Morgan fingerprint density at radius 3 is 2.55 bits per heavy atom. The molecule has 1 aliphatic rings. The quantitative estimate of drug-likeness (QED) is 0.572. The van der Waals surface area contributed by atoms with Gasteiger partial charge < -0.3 is 4.74 Å². The minimum Gasteiger partial charge on any atom is -0.378 e. The molecule has 2 heteroatoms. The van der Waals surface area contributed by atoms with Gasteiger partial charge in [-0.05, 0) is 31.6 Å². The molecule has 1 heterocycles. The van der Waals surface area contributed by atoms with Crippen LogP contribution in [0.3, 0.4) is 0 Å². The fourth-order valence-corrected chi connectivity index (χ4v) is 1.52. The normalized spacial score (nSPS) is 24.8. The highest BCUT2D eigenvalue weighted by atomic mass is 27.0.